The molecule has 0 unspecified atom stereocenters. The van der Waals surface area contributed by atoms with Crippen LogP contribution in [0, 0.1) is 0 Å². The van der Waals surface area contributed by atoms with Gasteiger partial charge >= 0.3 is 6.61 Å². The molecule has 1 aromatic carbocycles. The van der Waals surface area contributed by atoms with Gasteiger partial charge in [-0.1, -0.05) is 12.1 Å². The third-order valence-corrected chi connectivity index (χ3v) is 3.93. The Morgan fingerprint density at radius 3 is 2.35 bits per heavy atom. The van der Waals surface area contributed by atoms with Crippen molar-refractivity contribution in [1.29, 1.82) is 0 Å². The predicted octanol–water partition coefficient (Wildman–Crippen LogP) is 1.91. The van der Waals surface area contributed by atoms with Crippen molar-refractivity contribution in [2.75, 3.05) is 19.5 Å². The molecule has 20 heavy (non-hydrogen) atoms. The van der Waals surface area contributed by atoms with Crippen molar-refractivity contribution in [2.24, 2.45) is 0 Å². The summed E-state index contributed by atoms with van der Waals surface area (Å²) < 4.78 is 58.7. The van der Waals surface area contributed by atoms with Crippen LogP contribution in [0.2, 0.25) is 0 Å². The Morgan fingerprint density at radius 2 is 1.85 bits per heavy atom. The molecule has 8 heteroatoms. The van der Waals surface area contributed by atoms with Gasteiger partial charge in [-0.25, -0.2) is 13.1 Å². The fourth-order valence-corrected chi connectivity index (χ4v) is 2.71. The zero-order chi connectivity index (χ0) is 15.2. The maximum absolute atomic E-state index is 12.0. The molecule has 0 bridgehead atoms. The van der Waals surface area contributed by atoms with E-state index in [0.717, 1.165) is 0 Å². The molecule has 1 atom stereocenters. The second kappa shape index (κ2) is 7.51. The lowest BCUT2D eigenvalue weighted by atomic mass is 10.1. The number of sulfonamides is 1. The zero-order valence-corrected chi connectivity index (χ0v) is 12.0. The topological polar surface area (TPSA) is 64.6 Å². The highest BCUT2D eigenvalue weighted by Gasteiger charge is 2.15. The number of alkyl halides is 2. The third-order valence-electron chi connectivity index (χ3n) is 2.52. The summed E-state index contributed by atoms with van der Waals surface area (Å²) in [7, 11) is -2.03. The van der Waals surface area contributed by atoms with Crippen molar-refractivity contribution in [1.82, 2.24) is 4.72 Å². The third kappa shape index (κ3) is 5.81. The molecule has 0 aromatic heterocycles. The van der Waals surface area contributed by atoms with E-state index in [1.807, 2.05) is 0 Å². The number of ether oxygens (including phenoxy) is 2. The van der Waals surface area contributed by atoms with Crippen LogP contribution in [0.3, 0.4) is 0 Å². The molecular weight excluding hydrogens is 292 g/mol. The van der Waals surface area contributed by atoms with E-state index in [1.54, 1.807) is 6.92 Å². The minimum atomic E-state index is -3.45. The Hall–Kier alpha value is -1.25. The molecule has 0 saturated carbocycles. The van der Waals surface area contributed by atoms with Gasteiger partial charge in [-0.05, 0) is 24.6 Å². The summed E-state index contributed by atoms with van der Waals surface area (Å²) in [5.41, 5.74) is 0.646. The lowest BCUT2D eigenvalue weighted by Gasteiger charge is -2.15. The monoisotopic (exact) mass is 309 g/mol. The van der Waals surface area contributed by atoms with Crippen molar-refractivity contribution < 1.29 is 26.7 Å². The minimum absolute atomic E-state index is 0.0261. The maximum Gasteiger partial charge on any atom is 0.387 e. The molecule has 0 aliphatic heterocycles. The molecule has 0 aliphatic carbocycles. The summed E-state index contributed by atoms with van der Waals surface area (Å²) in [5.74, 6) is -0.112. The molecule has 0 spiro atoms. The Labute approximate surface area is 116 Å². The first-order valence-electron chi connectivity index (χ1n) is 5.88. The molecular formula is C12H17F2NO4S. The minimum Gasteiger partial charge on any atom is -0.435 e. The number of hydrogen-bond acceptors (Lipinski definition) is 4. The van der Waals surface area contributed by atoms with Gasteiger partial charge in [0.05, 0.1) is 12.4 Å². The lowest BCUT2D eigenvalue weighted by molar-refractivity contribution is -0.0498. The normalized spacial score (nSPS) is 13.4. The van der Waals surface area contributed by atoms with E-state index in [0.29, 0.717) is 5.56 Å². The number of benzene rings is 1. The van der Waals surface area contributed by atoms with Gasteiger partial charge in [-0.3, -0.25) is 0 Å². The van der Waals surface area contributed by atoms with E-state index in [-0.39, 0.29) is 18.1 Å². The second-order valence-corrected chi connectivity index (χ2v) is 5.97. The van der Waals surface area contributed by atoms with Gasteiger partial charge in [0.25, 0.3) is 0 Å². The van der Waals surface area contributed by atoms with Crippen LogP contribution in [0.1, 0.15) is 18.5 Å². The SMILES string of the molecule is COCCS(=O)(=O)N[C@H](C)c1ccc(OC(F)F)cc1. The average Bonchev–Trinajstić information content (AvgIpc) is 2.36. The largest absolute Gasteiger partial charge is 0.435 e. The van der Waals surface area contributed by atoms with Crippen LogP contribution in [-0.4, -0.2) is 34.5 Å². The van der Waals surface area contributed by atoms with E-state index in [1.165, 1.54) is 31.4 Å². The second-order valence-electron chi connectivity index (χ2n) is 4.10. The Morgan fingerprint density at radius 1 is 1.25 bits per heavy atom. The van der Waals surface area contributed by atoms with Crippen molar-refractivity contribution in [3.63, 3.8) is 0 Å². The van der Waals surface area contributed by atoms with Crippen molar-refractivity contribution >= 4 is 10.0 Å². The first-order valence-corrected chi connectivity index (χ1v) is 7.53. The summed E-state index contributed by atoms with van der Waals surface area (Å²) in [4.78, 5) is 0. The van der Waals surface area contributed by atoms with E-state index < -0.39 is 22.7 Å². The van der Waals surface area contributed by atoms with Crippen LogP contribution < -0.4 is 9.46 Å². The van der Waals surface area contributed by atoms with Gasteiger partial charge in [0.15, 0.2) is 0 Å². The molecule has 114 valence electrons. The van der Waals surface area contributed by atoms with Gasteiger partial charge in [0.2, 0.25) is 10.0 Å². The molecule has 1 rings (SSSR count). The molecule has 1 aromatic rings. The van der Waals surface area contributed by atoms with Crippen LogP contribution in [0.15, 0.2) is 24.3 Å². The summed E-state index contributed by atoms with van der Waals surface area (Å²) in [5, 5.41) is 0. The molecule has 0 radical (unpaired) electrons. The average molecular weight is 309 g/mol. The Kier molecular flexibility index (Phi) is 6.31. The highest BCUT2D eigenvalue weighted by molar-refractivity contribution is 7.89. The van der Waals surface area contributed by atoms with Gasteiger partial charge < -0.3 is 9.47 Å². The smallest absolute Gasteiger partial charge is 0.387 e. The van der Waals surface area contributed by atoms with E-state index in [9.17, 15) is 17.2 Å². The standard InChI is InChI=1S/C12H17F2NO4S/c1-9(15-20(16,17)8-7-18-2)10-3-5-11(6-4-10)19-12(13)14/h3-6,9,12,15H,7-8H2,1-2H3/t9-/m1/s1. The number of hydrogen-bond donors (Lipinski definition) is 1. The van der Waals surface area contributed by atoms with Gasteiger partial charge in [-0.15, -0.1) is 0 Å². The molecule has 1 N–H and O–H groups in total. The van der Waals surface area contributed by atoms with E-state index in [4.69, 9.17) is 4.74 Å². The van der Waals surface area contributed by atoms with Crippen LogP contribution >= 0.6 is 0 Å². The number of rotatable bonds is 8. The zero-order valence-electron chi connectivity index (χ0n) is 11.2. The molecule has 5 nitrogen and oxygen atoms in total. The molecule has 0 saturated heterocycles. The van der Waals surface area contributed by atoms with Gasteiger partial charge in [-0.2, -0.15) is 8.78 Å². The summed E-state index contributed by atoms with van der Waals surface area (Å²) in [6.45, 7) is -1.12. The Bertz CT molecular complexity index is 505. The molecule has 0 fully saturated rings. The highest BCUT2D eigenvalue weighted by Crippen LogP contribution is 2.19. The van der Waals surface area contributed by atoms with Crippen LogP contribution in [0.25, 0.3) is 0 Å². The van der Waals surface area contributed by atoms with Crippen LogP contribution in [0.4, 0.5) is 8.78 Å². The van der Waals surface area contributed by atoms with Crippen molar-refractivity contribution in [2.45, 2.75) is 19.6 Å². The van der Waals surface area contributed by atoms with E-state index in [2.05, 4.69) is 9.46 Å². The van der Waals surface area contributed by atoms with E-state index >= 15 is 0 Å². The quantitative estimate of drug-likeness (QED) is 0.797. The number of methoxy groups -OCH3 is 1. The fourth-order valence-electron chi connectivity index (χ4n) is 1.53. The number of nitrogens with one attached hydrogen (secondary N) is 1. The van der Waals surface area contributed by atoms with Gasteiger partial charge in [0.1, 0.15) is 5.75 Å². The molecule has 0 amide bonds. The first kappa shape index (κ1) is 16.8. The number of halogens is 2. The Balaban J connectivity index is 2.65. The summed E-state index contributed by atoms with van der Waals surface area (Å²) in [6, 6.07) is 5.31. The van der Waals surface area contributed by atoms with Crippen LogP contribution in [-0.2, 0) is 14.8 Å². The predicted molar refractivity (Wildman–Crippen MR) is 70.3 cm³/mol. The lowest BCUT2D eigenvalue weighted by Crippen LogP contribution is -2.30. The summed E-state index contributed by atoms with van der Waals surface area (Å²) >= 11 is 0. The fraction of sp³-hybridized carbons (Fsp3) is 0.500. The highest BCUT2D eigenvalue weighted by atomic mass is 32.2. The van der Waals surface area contributed by atoms with Crippen LogP contribution in [0.5, 0.6) is 5.75 Å². The summed E-state index contributed by atoms with van der Waals surface area (Å²) in [6.07, 6.45) is 0. The molecule has 0 aliphatic rings. The van der Waals surface area contributed by atoms with Gasteiger partial charge in [0, 0.05) is 13.2 Å². The van der Waals surface area contributed by atoms with Crippen molar-refractivity contribution in [3.05, 3.63) is 29.8 Å². The molecule has 0 heterocycles. The first-order chi connectivity index (χ1) is 9.34. The van der Waals surface area contributed by atoms with Crippen molar-refractivity contribution in [3.8, 4) is 5.75 Å². The maximum atomic E-state index is 12.0.